The maximum absolute atomic E-state index is 5.65. The maximum atomic E-state index is 5.65. The summed E-state index contributed by atoms with van der Waals surface area (Å²) in [5, 5.41) is 2.53. The normalized spacial score (nSPS) is 12.8. The molecule has 0 aliphatic heterocycles. The van der Waals surface area contributed by atoms with Gasteiger partial charge in [-0.15, -0.1) is 6.58 Å². The lowest BCUT2D eigenvalue weighted by Crippen LogP contribution is -2.10. The highest BCUT2D eigenvalue weighted by Gasteiger charge is 2.07. The molecule has 0 saturated heterocycles. The third kappa shape index (κ3) is 1.99. The van der Waals surface area contributed by atoms with E-state index in [0.717, 1.165) is 0 Å². The molecule has 60 valence electrons. The van der Waals surface area contributed by atoms with E-state index in [0.29, 0.717) is 12.2 Å². The molecule has 0 spiro atoms. The van der Waals surface area contributed by atoms with E-state index in [1.54, 1.807) is 6.08 Å². The van der Waals surface area contributed by atoms with Crippen LogP contribution in [-0.2, 0) is 0 Å². The first kappa shape index (κ1) is 8.16. The Bertz CT molecular complexity index is 290. The summed E-state index contributed by atoms with van der Waals surface area (Å²) in [6, 6.07) is -0.201. The molecule has 1 aromatic rings. The van der Waals surface area contributed by atoms with Crippen molar-refractivity contribution in [2.24, 2.45) is 5.73 Å². The van der Waals surface area contributed by atoms with Crippen molar-refractivity contribution in [3.05, 3.63) is 23.3 Å². The molecular formula is C6H9N3OS. The number of nitrogens with one attached hydrogen (secondary N) is 1. The zero-order valence-corrected chi connectivity index (χ0v) is 6.73. The quantitative estimate of drug-likeness (QED) is 0.531. The number of hydrogen-bond acceptors (Lipinski definition) is 4. The second-order valence-electron chi connectivity index (χ2n) is 2.10. The predicted octanol–water partition coefficient (Wildman–Crippen LogP) is 1.31. The molecule has 5 heteroatoms. The monoisotopic (exact) mass is 171 g/mol. The third-order valence-corrected chi connectivity index (χ3v) is 1.40. The van der Waals surface area contributed by atoms with Gasteiger partial charge in [-0.1, -0.05) is 6.08 Å². The average Bonchev–Trinajstić information content (AvgIpc) is 2.36. The van der Waals surface area contributed by atoms with Crippen molar-refractivity contribution in [1.82, 2.24) is 10.1 Å². The van der Waals surface area contributed by atoms with E-state index < -0.39 is 0 Å². The molecule has 0 amide bonds. The molecule has 0 fully saturated rings. The smallest absolute Gasteiger partial charge is 0.314 e. The Morgan fingerprint density at radius 3 is 3.09 bits per heavy atom. The molecule has 0 aliphatic rings. The minimum atomic E-state index is -0.201. The van der Waals surface area contributed by atoms with Crippen LogP contribution < -0.4 is 5.73 Å². The Balaban J connectivity index is 2.75. The molecule has 0 aromatic carbocycles. The van der Waals surface area contributed by atoms with E-state index in [4.69, 9.17) is 10.3 Å². The van der Waals surface area contributed by atoms with Gasteiger partial charge in [0.15, 0.2) is 5.82 Å². The molecule has 0 radical (unpaired) electrons. The Morgan fingerprint density at radius 1 is 1.91 bits per heavy atom. The van der Waals surface area contributed by atoms with Crippen molar-refractivity contribution in [2.75, 3.05) is 0 Å². The lowest BCUT2D eigenvalue weighted by Gasteiger charge is -2.01. The van der Waals surface area contributed by atoms with Gasteiger partial charge in [0.05, 0.1) is 6.04 Å². The summed E-state index contributed by atoms with van der Waals surface area (Å²) >= 11 is 4.65. The molecule has 0 bridgehead atoms. The van der Waals surface area contributed by atoms with Gasteiger partial charge < -0.3 is 10.3 Å². The molecule has 1 heterocycles. The van der Waals surface area contributed by atoms with Gasteiger partial charge in [-0.2, -0.15) is 4.98 Å². The number of nitrogens with two attached hydrogens (primary N) is 1. The first-order valence-electron chi connectivity index (χ1n) is 3.16. The van der Waals surface area contributed by atoms with E-state index in [1.165, 1.54) is 0 Å². The Labute approximate surface area is 69.1 Å². The number of H-pyrrole nitrogens is 1. The van der Waals surface area contributed by atoms with Crippen LogP contribution in [0.4, 0.5) is 0 Å². The number of aromatic nitrogens is 2. The van der Waals surface area contributed by atoms with E-state index in [-0.39, 0.29) is 10.9 Å². The van der Waals surface area contributed by atoms with Gasteiger partial charge in [0, 0.05) is 0 Å². The largest absolute Gasteiger partial charge is 0.348 e. The molecule has 1 unspecified atom stereocenters. The van der Waals surface area contributed by atoms with Gasteiger partial charge >= 0.3 is 4.84 Å². The van der Waals surface area contributed by atoms with E-state index >= 15 is 0 Å². The standard InChI is InChI=1S/C6H9N3OS/c1-2-3-4(7)5-8-6(11)10-9-5/h2,4H,1,3,7H2,(H,8,9,11). The lowest BCUT2D eigenvalue weighted by atomic mass is 10.2. The molecule has 3 N–H and O–H groups in total. The van der Waals surface area contributed by atoms with Crippen molar-refractivity contribution in [1.29, 1.82) is 0 Å². The maximum Gasteiger partial charge on any atom is 0.314 e. The fourth-order valence-electron chi connectivity index (χ4n) is 0.690. The summed E-state index contributed by atoms with van der Waals surface area (Å²) in [7, 11) is 0. The van der Waals surface area contributed by atoms with Crippen LogP contribution in [0.5, 0.6) is 0 Å². The molecule has 11 heavy (non-hydrogen) atoms. The van der Waals surface area contributed by atoms with Crippen molar-refractivity contribution in [3.8, 4) is 0 Å². The first-order chi connectivity index (χ1) is 5.24. The van der Waals surface area contributed by atoms with Crippen LogP contribution >= 0.6 is 12.2 Å². The van der Waals surface area contributed by atoms with Crippen LogP contribution in [0.1, 0.15) is 18.3 Å². The zero-order chi connectivity index (χ0) is 8.27. The van der Waals surface area contributed by atoms with E-state index in [9.17, 15) is 0 Å². The number of hydrogen-bond donors (Lipinski definition) is 2. The first-order valence-corrected chi connectivity index (χ1v) is 3.56. The summed E-state index contributed by atoms with van der Waals surface area (Å²) < 4.78 is 4.70. The van der Waals surface area contributed by atoms with Crippen molar-refractivity contribution in [2.45, 2.75) is 12.5 Å². The summed E-state index contributed by atoms with van der Waals surface area (Å²) in [5.74, 6) is 0.565. The predicted molar refractivity (Wildman–Crippen MR) is 43.4 cm³/mol. The fraction of sp³-hybridized carbons (Fsp3) is 0.333. The van der Waals surface area contributed by atoms with Gasteiger partial charge in [-0.05, 0) is 18.6 Å². The summed E-state index contributed by atoms with van der Waals surface area (Å²) in [5.41, 5.74) is 5.65. The molecular weight excluding hydrogens is 162 g/mol. The van der Waals surface area contributed by atoms with Gasteiger partial charge in [-0.3, -0.25) is 0 Å². The molecule has 1 atom stereocenters. The van der Waals surface area contributed by atoms with Crippen LogP contribution in [0.25, 0.3) is 0 Å². The van der Waals surface area contributed by atoms with Gasteiger partial charge in [0.25, 0.3) is 0 Å². The van der Waals surface area contributed by atoms with Gasteiger partial charge in [-0.25, -0.2) is 5.16 Å². The minimum Gasteiger partial charge on any atom is -0.348 e. The molecule has 0 aliphatic carbocycles. The zero-order valence-electron chi connectivity index (χ0n) is 5.91. The van der Waals surface area contributed by atoms with Crippen LogP contribution in [0.3, 0.4) is 0 Å². The van der Waals surface area contributed by atoms with Gasteiger partial charge in [0.1, 0.15) is 0 Å². The Morgan fingerprint density at radius 2 is 2.64 bits per heavy atom. The average molecular weight is 171 g/mol. The topological polar surface area (TPSA) is 67.8 Å². The highest BCUT2D eigenvalue weighted by molar-refractivity contribution is 7.71. The molecule has 1 aromatic heterocycles. The second-order valence-corrected chi connectivity index (χ2v) is 2.45. The number of nitrogens with zero attached hydrogens (tertiary/aromatic N) is 1. The van der Waals surface area contributed by atoms with Crippen molar-refractivity contribution >= 4 is 12.2 Å². The summed E-state index contributed by atoms with van der Waals surface area (Å²) in [4.78, 5) is 4.03. The summed E-state index contributed by atoms with van der Waals surface area (Å²) in [6.45, 7) is 3.55. The molecule has 1 rings (SSSR count). The van der Waals surface area contributed by atoms with Crippen LogP contribution in [0.2, 0.25) is 0 Å². The highest BCUT2D eigenvalue weighted by atomic mass is 32.1. The number of rotatable bonds is 3. The van der Waals surface area contributed by atoms with Crippen LogP contribution in [0, 0.1) is 4.84 Å². The fourth-order valence-corrected chi connectivity index (χ4v) is 0.830. The molecule has 4 nitrogen and oxygen atoms in total. The Kier molecular flexibility index (Phi) is 2.56. The highest BCUT2D eigenvalue weighted by Crippen LogP contribution is 2.08. The van der Waals surface area contributed by atoms with E-state index in [2.05, 4.69) is 28.9 Å². The summed E-state index contributed by atoms with van der Waals surface area (Å²) in [6.07, 6.45) is 2.37. The van der Waals surface area contributed by atoms with Crippen LogP contribution in [0.15, 0.2) is 17.2 Å². The Hall–Kier alpha value is -0.940. The van der Waals surface area contributed by atoms with Gasteiger partial charge in [0.2, 0.25) is 0 Å². The van der Waals surface area contributed by atoms with Crippen molar-refractivity contribution in [3.63, 3.8) is 0 Å². The second kappa shape index (κ2) is 3.45. The third-order valence-electron chi connectivity index (χ3n) is 1.23. The lowest BCUT2D eigenvalue weighted by molar-refractivity contribution is 0.393. The van der Waals surface area contributed by atoms with Crippen LogP contribution in [-0.4, -0.2) is 10.1 Å². The van der Waals surface area contributed by atoms with Crippen molar-refractivity contribution < 1.29 is 4.52 Å². The minimum absolute atomic E-state index is 0.180. The number of aromatic amines is 1. The molecule has 0 saturated carbocycles. The van der Waals surface area contributed by atoms with E-state index in [1.807, 2.05) is 0 Å². The SMILES string of the molecule is C=CCC(N)c1nc(=S)o[nH]1.